The molecule has 0 amide bonds. The van der Waals surface area contributed by atoms with Crippen molar-refractivity contribution in [2.45, 2.75) is 46.0 Å². The summed E-state index contributed by atoms with van der Waals surface area (Å²) < 4.78 is 5.11. The van der Waals surface area contributed by atoms with Crippen molar-refractivity contribution < 1.29 is 4.74 Å². The van der Waals surface area contributed by atoms with Crippen molar-refractivity contribution in [2.75, 3.05) is 26.8 Å². The fourth-order valence-corrected chi connectivity index (χ4v) is 2.74. The van der Waals surface area contributed by atoms with Gasteiger partial charge in [-0.05, 0) is 30.7 Å². The fraction of sp³-hybridized carbons (Fsp3) is 0.667. The number of rotatable bonds is 10. The largest absolute Gasteiger partial charge is 0.383 e. The summed E-state index contributed by atoms with van der Waals surface area (Å²) >= 11 is 0. The molecule has 1 aromatic rings. The van der Waals surface area contributed by atoms with Crippen molar-refractivity contribution in [1.29, 1.82) is 0 Å². The van der Waals surface area contributed by atoms with Crippen LogP contribution in [0.1, 0.15) is 50.2 Å². The maximum absolute atomic E-state index is 5.11. The number of aryl methyl sites for hydroxylation is 1. The van der Waals surface area contributed by atoms with E-state index in [1.54, 1.807) is 7.11 Å². The molecule has 1 rings (SSSR count). The van der Waals surface area contributed by atoms with Gasteiger partial charge in [-0.2, -0.15) is 0 Å². The summed E-state index contributed by atoms with van der Waals surface area (Å²) in [5.74, 6) is 1.43. The van der Waals surface area contributed by atoms with Crippen molar-refractivity contribution in [1.82, 2.24) is 5.32 Å². The summed E-state index contributed by atoms with van der Waals surface area (Å²) in [7, 11) is 1.75. The average molecular weight is 277 g/mol. The van der Waals surface area contributed by atoms with Crippen LogP contribution in [0, 0.1) is 12.8 Å². The first-order valence-corrected chi connectivity index (χ1v) is 7.97. The molecule has 20 heavy (non-hydrogen) atoms. The van der Waals surface area contributed by atoms with E-state index in [1.807, 2.05) is 0 Å². The topological polar surface area (TPSA) is 21.3 Å². The molecule has 1 N–H and O–H groups in total. The van der Waals surface area contributed by atoms with Gasteiger partial charge in [-0.3, -0.25) is 0 Å². The van der Waals surface area contributed by atoms with Crippen molar-refractivity contribution in [2.24, 2.45) is 5.92 Å². The maximum Gasteiger partial charge on any atom is 0.0587 e. The Morgan fingerprint density at radius 1 is 1.20 bits per heavy atom. The smallest absolute Gasteiger partial charge is 0.0587 e. The first-order chi connectivity index (χ1) is 9.71. The SMILES string of the molecule is CCC(CC)CC(CNCCOC)c1cccc(C)c1. The zero-order valence-corrected chi connectivity index (χ0v) is 13.6. The minimum absolute atomic E-state index is 0.608. The van der Waals surface area contributed by atoms with E-state index in [2.05, 4.69) is 50.4 Å². The third kappa shape index (κ3) is 6.06. The number of ether oxygens (including phenoxy) is 1. The Morgan fingerprint density at radius 2 is 1.95 bits per heavy atom. The molecule has 0 heterocycles. The summed E-state index contributed by atoms with van der Waals surface area (Å²) in [5.41, 5.74) is 2.83. The second-order valence-electron chi connectivity index (χ2n) is 5.73. The van der Waals surface area contributed by atoms with Crippen LogP contribution in [-0.2, 0) is 4.74 Å². The van der Waals surface area contributed by atoms with E-state index in [1.165, 1.54) is 30.4 Å². The van der Waals surface area contributed by atoms with Gasteiger partial charge < -0.3 is 10.1 Å². The Bertz CT molecular complexity index is 360. The number of methoxy groups -OCH3 is 1. The van der Waals surface area contributed by atoms with Gasteiger partial charge in [0.2, 0.25) is 0 Å². The van der Waals surface area contributed by atoms with E-state index < -0.39 is 0 Å². The third-order valence-electron chi connectivity index (χ3n) is 4.16. The molecule has 0 saturated heterocycles. The van der Waals surface area contributed by atoms with Crippen LogP contribution < -0.4 is 5.32 Å². The van der Waals surface area contributed by atoms with Gasteiger partial charge in [0.25, 0.3) is 0 Å². The summed E-state index contributed by atoms with van der Waals surface area (Å²) in [5, 5.41) is 3.53. The van der Waals surface area contributed by atoms with E-state index in [0.29, 0.717) is 5.92 Å². The summed E-state index contributed by atoms with van der Waals surface area (Å²) in [6, 6.07) is 8.97. The highest BCUT2D eigenvalue weighted by molar-refractivity contribution is 5.25. The lowest BCUT2D eigenvalue weighted by Gasteiger charge is -2.23. The lowest BCUT2D eigenvalue weighted by Crippen LogP contribution is -2.26. The number of hydrogen-bond acceptors (Lipinski definition) is 2. The fourth-order valence-electron chi connectivity index (χ4n) is 2.74. The third-order valence-corrected chi connectivity index (χ3v) is 4.16. The molecule has 0 aliphatic carbocycles. The second kappa shape index (κ2) is 9.95. The first-order valence-electron chi connectivity index (χ1n) is 7.97. The molecule has 2 heteroatoms. The normalized spacial score (nSPS) is 12.8. The molecule has 0 aliphatic rings. The molecule has 2 nitrogen and oxygen atoms in total. The summed E-state index contributed by atoms with van der Waals surface area (Å²) in [6.07, 6.45) is 3.82. The van der Waals surface area contributed by atoms with Crippen LogP contribution >= 0.6 is 0 Å². The first kappa shape index (κ1) is 17.2. The van der Waals surface area contributed by atoms with E-state index in [9.17, 15) is 0 Å². The van der Waals surface area contributed by atoms with Gasteiger partial charge in [0.15, 0.2) is 0 Å². The predicted octanol–water partition coefficient (Wildman–Crippen LogP) is 4.14. The van der Waals surface area contributed by atoms with Crippen molar-refractivity contribution in [3.8, 4) is 0 Å². The quantitative estimate of drug-likeness (QED) is 0.649. The summed E-state index contributed by atoms with van der Waals surface area (Å²) in [6.45, 7) is 9.55. The van der Waals surface area contributed by atoms with Gasteiger partial charge in [-0.1, -0.05) is 56.5 Å². The molecule has 1 unspecified atom stereocenters. The molecule has 114 valence electrons. The van der Waals surface area contributed by atoms with E-state index >= 15 is 0 Å². The number of nitrogens with one attached hydrogen (secondary N) is 1. The Hall–Kier alpha value is -0.860. The Balaban J connectivity index is 2.67. The molecule has 0 spiro atoms. The molecular formula is C18H31NO. The molecule has 1 aromatic carbocycles. The van der Waals surface area contributed by atoms with E-state index in [0.717, 1.165) is 25.6 Å². The lowest BCUT2D eigenvalue weighted by atomic mass is 9.85. The number of benzene rings is 1. The maximum atomic E-state index is 5.11. The van der Waals surface area contributed by atoms with Crippen molar-refractivity contribution >= 4 is 0 Å². The predicted molar refractivity (Wildman–Crippen MR) is 87.4 cm³/mol. The molecule has 0 aliphatic heterocycles. The Morgan fingerprint density at radius 3 is 2.55 bits per heavy atom. The molecule has 0 fully saturated rings. The average Bonchev–Trinajstić information content (AvgIpc) is 2.46. The minimum Gasteiger partial charge on any atom is -0.383 e. The minimum atomic E-state index is 0.608. The summed E-state index contributed by atoms with van der Waals surface area (Å²) in [4.78, 5) is 0. The molecule has 0 bridgehead atoms. The highest BCUT2D eigenvalue weighted by Crippen LogP contribution is 2.27. The Labute approximate surface area is 124 Å². The van der Waals surface area contributed by atoms with Crippen LogP contribution in [0.25, 0.3) is 0 Å². The zero-order valence-electron chi connectivity index (χ0n) is 13.6. The van der Waals surface area contributed by atoms with Crippen LogP contribution in [0.5, 0.6) is 0 Å². The molecule has 0 saturated carbocycles. The lowest BCUT2D eigenvalue weighted by molar-refractivity contribution is 0.198. The monoisotopic (exact) mass is 277 g/mol. The van der Waals surface area contributed by atoms with E-state index in [-0.39, 0.29) is 0 Å². The van der Waals surface area contributed by atoms with Gasteiger partial charge >= 0.3 is 0 Å². The zero-order chi connectivity index (χ0) is 14.8. The van der Waals surface area contributed by atoms with Crippen LogP contribution in [0.2, 0.25) is 0 Å². The van der Waals surface area contributed by atoms with Crippen LogP contribution in [0.4, 0.5) is 0 Å². The molecule has 0 aromatic heterocycles. The van der Waals surface area contributed by atoms with Crippen LogP contribution in [0.15, 0.2) is 24.3 Å². The van der Waals surface area contributed by atoms with Gasteiger partial charge in [-0.25, -0.2) is 0 Å². The van der Waals surface area contributed by atoms with E-state index in [4.69, 9.17) is 4.74 Å². The molecule has 1 atom stereocenters. The Kier molecular flexibility index (Phi) is 8.56. The standard InChI is InChI=1S/C18H31NO/c1-5-16(6-2)13-18(14-19-10-11-20-4)17-9-7-8-15(3)12-17/h7-9,12,16,18-19H,5-6,10-11,13-14H2,1-4H3. The highest BCUT2D eigenvalue weighted by Gasteiger charge is 2.16. The van der Waals surface area contributed by atoms with Gasteiger partial charge in [0.1, 0.15) is 0 Å². The highest BCUT2D eigenvalue weighted by atomic mass is 16.5. The molecular weight excluding hydrogens is 246 g/mol. The van der Waals surface area contributed by atoms with Crippen molar-refractivity contribution in [3.63, 3.8) is 0 Å². The second-order valence-corrected chi connectivity index (χ2v) is 5.73. The van der Waals surface area contributed by atoms with Crippen molar-refractivity contribution in [3.05, 3.63) is 35.4 Å². The van der Waals surface area contributed by atoms with Gasteiger partial charge in [0.05, 0.1) is 6.61 Å². The van der Waals surface area contributed by atoms with Gasteiger partial charge in [0, 0.05) is 20.2 Å². The molecule has 0 radical (unpaired) electrons. The van der Waals surface area contributed by atoms with Crippen LogP contribution in [0.3, 0.4) is 0 Å². The van der Waals surface area contributed by atoms with Gasteiger partial charge in [-0.15, -0.1) is 0 Å². The number of hydrogen-bond donors (Lipinski definition) is 1. The van der Waals surface area contributed by atoms with Crippen LogP contribution in [-0.4, -0.2) is 26.8 Å².